The van der Waals surface area contributed by atoms with Crippen LogP contribution in [-0.4, -0.2) is 17.2 Å². The SMILES string of the molecule is CC=CC(C)(C)NC(=O)OC(C)(C)C. The molecular formula is C11H21NO2. The van der Waals surface area contributed by atoms with Crippen molar-refractivity contribution < 1.29 is 9.53 Å². The lowest BCUT2D eigenvalue weighted by molar-refractivity contribution is 0.0491. The van der Waals surface area contributed by atoms with E-state index < -0.39 is 5.60 Å². The number of carbonyl (C=O) groups is 1. The maximum atomic E-state index is 11.4. The summed E-state index contributed by atoms with van der Waals surface area (Å²) >= 11 is 0. The molecule has 0 saturated heterocycles. The first kappa shape index (κ1) is 13.0. The molecule has 0 aromatic heterocycles. The first-order valence-electron chi connectivity index (χ1n) is 4.81. The predicted octanol–water partition coefficient (Wildman–Crippen LogP) is 2.87. The molecule has 82 valence electrons. The molecule has 0 aliphatic carbocycles. The lowest BCUT2D eigenvalue weighted by Crippen LogP contribution is -2.44. The maximum Gasteiger partial charge on any atom is 0.408 e. The number of rotatable bonds is 2. The van der Waals surface area contributed by atoms with Gasteiger partial charge >= 0.3 is 6.09 Å². The summed E-state index contributed by atoms with van der Waals surface area (Å²) in [5.41, 5.74) is -0.812. The van der Waals surface area contributed by atoms with Crippen molar-refractivity contribution >= 4 is 6.09 Å². The number of nitrogens with one attached hydrogen (secondary N) is 1. The molecule has 0 spiro atoms. The molecule has 0 aromatic rings. The molecule has 14 heavy (non-hydrogen) atoms. The fourth-order valence-electron chi connectivity index (χ4n) is 1.02. The van der Waals surface area contributed by atoms with Crippen molar-refractivity contribution in [3.05, 3.63) is 12.2 Å². The molecule has 0 bridgehead atoms. The van der Waals surface area contributed by atoms with Gasteiger partial charge in [-0.2, -0.15) is 0 Å². The van der Waals surface area contributed by atoms with Crippen molar-refractivity contribution in [1.29, 1.82) is 0 Å². The van der Waals surface area contributed by atoms with Gasteiger partial charge in [0.05, 0.1) is 5.54 Å². The van der Waals surface area contributed by atoms with E-state index in [0.717, 1.165) is 0 Å². The third-order valence-electron chi connectivity index (χ3n) is 1.41. The van der Waals surface area contributed by atoms with Crippen LogP contribution in [0, 0.1) is 0 Å². The van der Waals surface area contributed by atoms with E-state index in [9.17, 15) is 4.79 Å². The lowest BCUT2D eigenvalue weighted by Gasteiger charge is -2.26. The van der Waals surface area contributed by atoms with Crippen LogP contribution in [0.5, 0.6) is 0 Å². The Kier molecular flexibility index (Phi) is 4.17. The molecule has 1 amide bonds. The third kappa shape index (κ3) is 6.52. The van der Waals surface area contributed by atoms with Crippen LogP contribution in [0.4, 0.5) is 4.79 Å². The monoisotopic (exact) mass is 199 g/mol. The van der Waals surface area contributed by atoms with E-state index in [-0.39, 0.29) is 11.6 Å². The molecule has 0 fully saturated rings. The van der Waals surface area contributed by atoms with Gasteiger partial charge in [-0.3, -0.25) is 0 Å². The van der Waals surface area contributed by atoms with E-state index in [1.165, 1.54) is 0 Å². The van der Waals surface area contributed by atoms with E-state index in [1.54, 1.807) is 0 Å². The molecule has 0 unspecified atom stereocenters. The second-order valence-electron chi connectivity index (χ2n) is 4.85. The van der Waals surface area contributed by atoms with Gasteiger partial charge in [-0.25, -0.2) is 4.79 Å². The topological polar surface area (TPSA) is 38.3 Å². The van der Waals surface area contributed by atoms with Crippen LogP contribution in [0.1, 0.15) is 41.5 Å². The zero-order chi connectivity index (χ0) is 11.4. The van der Waals surface area contributed by atoms with Gasteiger partial charge in [0, 0.05) is 0 Å². The molecule has 0 aromatic carbocycles. The van der Waals surface area contributed by atoms with Gasteiger partial charge in [0.25, 0.3) is 0 Å². The minimum atomic E-state index is -0.448. The highest BCUT2D eigenvalue weighted by molar-refractivity contribution is 5.69. The van der Waals surface area contributed by atoms with Crippen molar-refractivity contribution in [2.45, 2.75) is 52.7 Å². The first-order valence-corrected chi connectivity index (χ1v) is 4.81. The number of alkyl carbamates (subject to hydrolysis) is 1. The molecule has 1 N–H and O–H groups in total. The Bertz CT molecular complexity index is 224. The largest absolute Gasteiger partial charge is 0.444 e. The smallest absolute Gasteiger partial charge is 0.408 e. The van der Waals surface area contributed by atoms with Crippen LogP contribution in [0.15, 0.2) is 12.2 Å². The molecule has 3 heteroatoms. The highest BCUT2D eigenvalue weighted by Crippen LogP contribution is 2.10. The van der Waals surface area contributed by atoms with Crippen LogP contribution >= 0.6 is 0 Å². The van der Waals surface area contributed by atoms with E-state index >= 15 is 0 Å². The fraction of sp³-hybridized carbons (Fsp3) is 0.727. The number of amides is 1. The van der Waals surface area contributed by atoms with Crippen LogP contribution < -0.4 is 5.32 Å². The highest BCUT2D eigenvalue weighted by Gasteiger charge is 2.21. The molecule has 0 radical (unpaired) electrons. The minimum absolute atomic E-state index is 0.364. The minimum Gasteiger partial charge on any atom is -0.444 e. The highest BCUT2D eigenvalue weighted by atomic mass is 16.6. The maximum absolute atomic E-state index is 11.4. The molecule has 0 rings (SSSR count). The van der Waals surface area contributed by atoms with Gasteiger partial charge in [-0.15, -0.1) is 0 Å². The first-order chi connectivity index (χ1) is 6.16. The molecule has 0 saturated carbocycles. The summed E-state index contributed by atoms with van der Waals surface area (Å²) in [5, 5.41) is 2.77. The summed E-state index contributed by atoms with van der Waals surface area (Å²) in [5.74, 6) is 0. The Morgan fingerprint density at radius 3 is 2.07 bits per heavy atom. The second-order valence-corrected chi connectivity index (χ2v) is 4.85. The Morgan fingerprint density at radius 1 is 1.21 bits per heavy atom. The Morgan fingerprint density at radius 2 is 1.71 bits per heavy atom. The number of hydrogen-bond donors (Lipinski definition) is 1. The summed E-state index contributed by atoms with van der Waals surface area (Å²) in [6, 6.07) is 0. The molecule has 3 nitrogen and oxygen atoms in total. The summed E-state index contributed by atoms with van der Waals surface area (Å²) in [6.45, 7) is 11.3. The number of carbonyl (C=O) groups excluding carboxylic acids is 1. The molecule has 0 heterocycles. The average molecular weight is 199 g/mol. The van der Waals surface area contributed by atoms with Crippen molar-refractivity contribution in [1.82, 2.24) is 5.32 Å². The summed E-state index contributed by atoms with van der Waals surface area (Å²) in [4.78, 5) is 11.4. The van der Waals surface area contributed by atoms with Gasteiger partial charge in [0.15, 0.2) is 0 Å². The molecule has 0 aliphatic rings. The number of hydrogen-bond acceptors (Lipinski definition) is 2. The predicted molar refractivity (Wildman–Crippen MR) is 58.3 cm³/mol. The quantitative estimate of drug-likeness (QED) is 0.694. The van der Waals surface area contributed by atoms with Gasteiger partial charge < -0.3 is 10.1 Å². The van der Waals surface area contributed by atoms with Gasteiger partial charge in [-0.05, 0) is 41.5 Å². The van der Waals surface area contributed by atoms with Crippen LogP contribution in [0.25, 0.3) is 0 Å². The zero-order valence-electron chi connectivity index (χ0n) is 9.97. The normalized spacial score (nSPS) is 13.0. The third-order valence-corrected chi connectivity index (χ3v) is 1.41. The zero-order valence-corrected chi connectivity index (χ0v) is 9.97. The van der Waals surface area contributed by atoms with Crippen LogP contribution in [0.2, 0.25) is 0 Å². The lowest BCUT2D eigenvalue weighted by atomic mass is 10.1. The Hall–Kier alpha value is -0.990. The number of ether oxygens (including phenoxy) is 1. The average Bonchev–Trinajstić information content (AvgIpc) is 1.78. The standard InChI is InChI=1S/C11H21NO2/c1-7-8-11(5,6)12-9(13)14-10(2,3)4/h7-8H,1-6H3,(H,12,13). The van der Waals surface area contributed by atoms with Crippen LogP contribution in [-0.2, 0) is 4.74 Å². The van der Waals surface area contributed by atoms with E-state index in [1.807, 2.05) is 53.7 Å². The van der Waals surface area contributed by atoms with Crippen molar-refractivity contribution in [2.24, 2.45) is 0 Å². The van der Waals surface area contributed by atoms with Gasteiger partial charge in [0.1, 0.15) is 5.60 Å². The Labute approximate surface area is 86.5 Å². The van der Waals surface area contributed by atoms with E-state index in [0.29, 0.717) is 0 Å². The Balaban J connectivity index is 4.20. The fourth-order valence-corrected chi connectivity index (χ4v) is 1.02. The van der Waals surface area contributed by atoms with Gasteiger partial charge in [0.2, 0.25) is 0 Å². The van der Waals surface area contributed by atoms with Crippen molar-refractivity contribution in [3.63, 3.8) is 0 Å². The molecular weight excluding hydrogens is 178 g/mol. The summed E-state index contributed by atoms with van der Waals surface area (Å²) in [7, 11) is 0. The van der Waals surface area contributed by atoms with Crippen molar-refractivity contribution in [2.75, 3.05) is 0 Å². The molecule has 0 atom stereocenters. The van der Waals surface area contributed by atoms with Gasteiger partial charge in [-0.1, -0.05) is 12.2 Å². The summed E-state index contributed by atoms with van der Waals surface area (Å²) in [6.07, 6.45) is 3.43. The molecule has 0 aliphatic heterocycles. The van der Waals surface area contributed by atoms with Crippen molar-refractivity contribution in [3.8, 4) is 0 Å². The second kappa shape index (κ2) is 4.49. The summed E-state index contributed by atoms with van der Waals surface area (Å²) < 4.78 is 5.14. The van der Waals surface area contributed by atoms with Crippen LogP contribution in [0.3, 0.4) is 0 Å². The van der Waals surface area contributed by atoms with E-state index in [2.05, 4.69) is 5.32 Å². The number of allylic oxidation sites excluding steroid dienone is 1. The van der Waals surface area contributed by atoms with E-state index in [4.69, 9.17) is 4.74 Å².